The Bertz CT molecular complexity index is 384. The highest BCUT2D eigenvalue weighted by molar-refractivity contribution is 5.94. The standard InChI is InChI=1S/C6F10O2/c7-2(8)1(17)3(9,5(12,13)14)18-6(15,16)4(2,10)11. The van der Waals surface area contributed by atoms with Crippen LogP contribution in [0.2, 0.25) is 0 Å². The summed E-state index contributed by atoms with van der Waals surface area (Å²) in [4.78, 5) is 10.3. The molecule has 1 atom stereocenters. The lowest BCUT2D eigenvalue weighted by molar-refractivity contribution is -0.479. The molecule has 0 amide bonds. The number of carbonyl (C=O) groups excluding carboxylic acids is 1. The lowest BCUT2D eigenvalue weighted by Gasteiger charge is -2.42. The molecule has 0 aromatic heterocycles. The van der Waals surface area contributed by atoms with E-state index >= 15 is 0 Å². The summed E-state index contributed by atoms with van der Waals surface area (Å²) in [6, 6.07) is 0. The summed E-state index contributed by atoms with van der Waals surface area (Å²) in [5.74, 6) is -23.6. The number of alkyl halides is 10. The molecule has 1 saturated heterocycles. The Labute approximate surface area is 90.5 Å². The normalized spacial score (nSPS) is 34.4. The minimum absolute atomic E-state index is 1.98. The molecule has 1 aliphatic rings. The number of rotatable bonds is 0. The van der Waals surface area contributed by atoms with Gasteiger partial charge in [0, 0.05) is 0 Å². The van der Waals surface area contributed by atoms with E-state index in [-0.39, 0.29) is 0 Å². The summed E-state index contributed by atoms with van der Waals surface area (Å²) < 4.78 is 125. The summed E-state index contributed by atoms with van der Waals surface area (Å²) in [6.45, 7) is 0. The van der Waals surface area contributed by atoms with Crippen molar-refractivity contribution in [1.82, 2.24) is 0 Å². The van der Waals surface area contributed by atoms with Crippen LogP contribution in [0.1, 0.15) is 0 Å². The summed E-state index contributed by atoms with van der Waals surface area (Å²) in [5, 5.41) is 0. The molecule has 18 heavy (non-hydrogen) atoms. The molecule has 1 heterocycles. The molecule has 12 heteroatoms. The van der Waals surface area contributed by atoms with Crippen molar-refractivity contribution in [1.29, 1.82) is 0 Å². The van der Waals surface area contributed by atoms with Gasteiger partial charge in [-0.1, -0.05) is 0 Å². The second kappa shape index (κ2) is 3.27. The van der Waals surface area contributed by atoms with Crippen molar-refractivity contribution in [3.8, 4) is 0 Å². The maximum Gasteiger partial charge on any atom is 0.456 e. The zero-order chi connectivity index (χ0) is 14.8. The van der Waals surface area contributed by atoms with Gasteiger partial charge in [-0.25, -0.2) is 0 Å². The minimum atomic E-state index is -6.67. The molecule has 106 valence electrons. The number of ether oxygens (including phenoxy) is 1. The molecule has 0 bridgehead atoms. The first-order chi connectivity index (χ1) is 7.61. The van der Waals surface area contributed by atoms with Crippen molar-refractivity contribution in [2.75, 3.05) is 0 Å². The topological polar surface area (TPSA) is 26.3 Å². The predicted molar refractivity (Wildman–Crippen MR) is 30.8 cm³/mol. The lowest BCUT2D eigenvalue weighted by Crippen LogP contribution is -2.74. The van der Waals surface area contributed by atoms with E-state index < -0.39 is 35.8 Å². The monoisotopic (exact) mass is 294 g/mol. The van der Waals surface area contributed by atoms with Crippen LogP contribution in [0, 0.1) is 0 Å². The fraction of sp³-hybridized carbons (Fsp3) is 0.833. The number of halogens is 10. The van der Waals surface area contributed by atoms with Gasteiger partial charge in [-0.2, -0.15) is 43.9 Å². The van der Waals surface area contributed by atoms with E-state index in [4.69, 9.17) is 0 Å². The maximum atomic E-state index is 12.8. The molecule has 1 unspecified atom stereocenters. The molecule has 1 fully saturated rings. The molecule has 0 aliphatic carbocycles. The van der Waals surface area contributed by atoms with E-state index in [2.05, 4.69) is 0 Å². The Morgan fingerprint density at radius 3 is 1.61 bits per heavy atom. The van der Waals surface area contributed by atoms with Crippen LogP contribution in [-0.4, -0.2) is 35.8 Å². The highest BCUT2D eigenvalue weighted by Crippen LogP contribution is 2.57. The number of carbonyl (C=O) groups is 1. The Kier molecular flexibility index (Phi) is 2.73. The third-order valence-electron chi connectivity index (χ3n) is 1.97. The van der Waals surface area contributed by atoms with Gasteiger partial charge in [-0.15, -0.1) is 0 Å². The van der Waals surface area contributed by atoms with Crippen molar-refractivity contribution in [2.24, 2.45) is 0 Å². The molecule has 0 aromatic carbocycles. The third kappa shape index (κ3) is 1.50. The smallest absolute Gasteiger partial charge is 0.286 e. The zero-order valence-electron chi connectivity index (χ0n) is 7.60. The van der Waals surface area contributed by atoms with Gasteiger partial charge < -0.3 is 0 Å². The number of ketones is 1. The van der Waals surface area contributed by atoms with Crippen LogP contribution < -0.4 is 0 Å². The van der Waals surface area contributed by atoms with Gasteiger partial charge in [0.25, 0.3) is 5.78 Å². The summed E-state index contributed by atoms with van der Waals surface area (Å²) >= 11 is 0. The van der Waals surface area contributed by atoms with E-state index in [0.29, 0.717) is 0 Å². The van der Waals surface area contributed by atoms with Gasteiger partial charge in [0.05, 0.1) is 0 Å². The molecule has 1 aliphatic heterocycles. The van der Waals surface area contributed by atoms with E-state index in [1.807, 2.05) is 4.74 Å². The first-order valence-electron chi connectivity index (χ1n) is 3.75. The fourth-order valence-corrected chi connectivity index (χ4v) is 1.00. The van der Waals surface area contributed by atoms with Gasteiger partial charge in [0.2, 0.25) is 0 Å². The Hall–Kier alpha value is -1.07. The summed E-state index contributed by atoms with van der Waals surface area (Å²) in [7, 11) is 0. The fourth-order valence-electron chi connectivity index (χ4n) is 1.00. The largest absolute Gasteiger partial charge is 0.456 e. The molecule has 1 rings (SSSR count). The molecule has 0 spiro atoms. The van der Waals surface area contributed by atoms with Crippen LogP contribution in [0.15, 0.2) is 0 Å². The summed E-state index contributed by atoms with van der Waals surface area (Å²) in [6.07, 6.45) is -13.2. The second-order valence-corrected chi connectivity index (χ2v) is 3.19. The van der Waals surface area contributed by atoms with Crippen molar-refractivity contribution in [3.05, 3.63) is 0 Å². The molecule has 0 saturated carbocycles. The SMILES string of the molecule is O=C1C(F)(F)C(F)(F)C(F)(F)OC1(F)C(F)(F)F. The Morgan fingerprint density at radius 2 is 1.28 bits per heavy atom. The summed E-state index contributed by atoms with van der Waals surface area (Å²) in [5.41, 5.74) is 0. The van der Waals surface area contributed by atoms with Gasteiger partial charge >= 0.3 is 30.0 Å². The minimum Gasteiger partial charge on any atom is -0.286 e. The van der Waals surface area contributed by atoms with Gasteiger partial charge in [-0.05, 0) is 0 Å². The van der Waals surface area contributed by atoms with Crippen LogP contribution in [0.3, 0.4) is 0 Å². The second-order valence-electron chi connectivity index (χ2n) is 3.19. The first-order valence-corrected chi connectivity index (χ1v) is 3.75. The van der Waals surface area contributed by atoms with Crippen molar-refractivity contribution in [2.45, 2.75) is 30.0 Å². The predicted octanol–water partition coefficient (Wildman–Crippen LogP) is 2.68. The van der Waals surface area contributed by atoms with Crippen LogP contribution in [0.4, 0.5) is 43.9 Å². The van der Waals surface area contributed by atoms with Crippen LogP contribution >= 0.6 is 0 Å². The molecule has 0 aromatic rings. The van der Waals surface area contributed by atoms with E-state index in [9.17, 15) is 48.7 Å². The zero-order valence-corrected chi connectivity index (χ0v) is 7.60. The van der Waals surface area contributed by atoms with Crippen LogP contribution in [0.25, 0.3) is 0 Å². The quantitative estimate of drug-likeness (QED) is 0.642. The third-order valence-corrected chi connectivity index (χ3v) is 1.97. The van der Waals surface area contributed by atoms with E-state index in [1.54, 1.807) is 0 Å². The Morgan fingerprint density at radius 1 is 0.889 bits per heavy atom. The molecule has 0 radical (unpaired) electrons. The first kappa shape index (κ1) is 15.0. The van der Waals surface area contributed by atoms with E-state index in [1.165, 1.54) is 0 Å². The molecular formula is C6F10O2. The van der Waals surface area contributed by atoms with Gasteiger partial charge in [0.15, 0.2) is 0 Å². The van der Waals surface area contributed by atoms with Crippen LogP contribution in [0.5, 0.6) is 0 Å². The number of Topliss-reactive ketones (excluding diaryl/α,β-unsaturated/α-hetero) is 1. The van der Waals surface area contributed by atoms with Crippen LogP contribution in [-0.2, 0) is 9.53 Å². The van der Waals surface area contributed by atoms with Crippen molar-refractivity contribution < 1.29 is 53.4 Å². The van der Waals surface area contributed by atoms with E-state index in [0.717, 1.165) is 0 Å². The number of hydrogen-bond donors (Lipinski definition) is 0. The number of hydrogen-bond acceptors (Lipinski definition) is 2. The average molecular weight is 294 g/mol. The van der Waals surface area contributed by atoms with Gasteiger partial charge in [-0.3, -0.25) is 9.53 Å². The van der Waals surface area contributed by atoms with Gasteiger partial charge in [0.1, 0.15) is 0 Å². The average Bonchev–Trinajstić information content (AvgIpc) is 2.11. The highest BCUT2D eigenvalue weighted by atomic mass is 19.4. The molecule has 0 N–H and O–H groups in total. The molecule has 2 nitrogen and oxygen atoms in total. The molecular weight excluding hydrogens is 294 g/mol. The maximum absolute atomic E-state index is 12.8. The highest BCUT2D eigenvalue weighted by Gasteiger charge is 2.89. The Balaban J connectivity index is 3.48. The van der Waals surface area contributed by atoms with Crippen molar-refractivity contribution >= 4 is 5.78 Å². The lowest BCUT2D eigenvalue weighted by atomic mass is 9.96. The van der Waals surface area contributed by atoms with Crippen molar-refractivity contribution in [3.63, 3.8) is 0 Å².